The van der Waals surface area contributed by atoms with E-state index in [0.29, 0.717) is 24.1 Å². The van der Waals surface area contributed by atoms with E-state index < -0.39 is 0 Å². The van der Waals surface area contributed by atoms with Crippen molar-refractivity contribution in [2.45, 2.75) is 24.8 Å². The van der Waals surface area contributed by atoms with Crippen molar-refractivity contribution >= 4 is 18.4 Å². The summed E-state index contributed by atoms with van der Waals surface area (Å²) in [7, 11) is 0. The highest BCUT2D eigenvalue weighted by atomic mass is 35.5. The molecule has 1 aromatic heterocycles. The highest BCUT2D eigenvalue weighted by Gasteiger charge is 2.34. The van der Waals surface area contributed by atoms with Gasteiger partial charge < -0.3 is 10.5 Å². The molecule has 21 heavy (non-hydrogen) atoms. The van der Waals surface area contributed by atoms with Crippen LogP contribution < -0.4 is 10.5 Å². The van der Waals surface area contributed by atoms with Gasteiger partial charge in [-0.1, -0.05) is 18.2 Å². The molecule has 0 unspecified atom stereocenters. The maximum Gasteiger partial charge on any atom is 0.315 e. The molecular formula is C16H15ClN2O2. The number of esters is 1. The Morgan fingerprint density at radius 1 is 1.24 bits per heavy atom. The standard InChI is InChI=1S/C16H14N2O2.ClH/c17-13-7-12(13)11-3-4-14(18-8-11)9-1-2-10-6-16(19)20-15(10)5-9;/h1-5,8,12-13H,6-7,17H2;1H/t12-,13+;/m0./s1. The first-order valence-corrected chi connectivity index (χ1v) is 6.76. The van der Waals surface area contributed by atoms with Crippen molar-refractivity contribution in [3.63, 3.8) is 0 Å². The molecule has 4 rings (SSSR count). The lowest BCUT2D eigenvalue weighted by Crippen LogP contribution is -2.01. The monoisotopic (exact) mass is 302 g/mol. The number of benzene rings is 1. The summed E-state index contributed by atoms with van der Waals surface area (Å²) in [4.78, 5) is 15.7. The Kier molecular flexibility index (Phi) is 3.43. The van der Waals surface area contributed by atoms with Gasteiger partial charge in [0.15, 0.2) is 0 Å². The van der Waals surface area contributed by atoms with E-state index >= 15 is 0 Å². The van der Waals surface area contributed by atoms with E-state index in [1.807, 2.05) is 30.5 Å². The second-order valence-electron chi connectivity index (χ2n) is 5.46. The van der Waals surface area contributed by atoms with Crippen LogP contribution in [0.2, 0.25) is 0 Å². The van der Waals surface area contributed by atoms with Gasteiger partial charge in [-0.25, -0.2) is 0 Å². The van der Waals surface area contributed by atoms with Gasteiger partial charge in [-0.15, -0.1) is 12.4 Å². The minimum Gasteiger partial charge on any atom is -0.426 e. The molecule has 1 fully saturated rings. The molecule has 2 atom stereocenters. The summed E-state index contributed by atoms with van der Waals surface area (Å²) in [6.45, 7) is 0. The molecule has 0 saturated heterocycles. The molecule has 4 nitrogen and oxygen atoms in total. The first-order chi connectivity index (χ1) is 9.70. The summed E-state index contributed by atoms with van der Waals surface area (Å²) in [5.41, 5.74) is 9.84. The zero-order chi connectivity index (χ0) is 13.7. The van der Waals surface area contributed by atoms with Crippen LogP contribution >= 0.6 is 12.4 Å². The first kappa shape index (κ1) is 14.0. The summed E-state index contributed by atoms with van der Waals surface area (Å²) in [5.74, 6) is 0.934. The first-order valence-electron chi connectivity index (χ1n) is 6.76. The molecule has 108 valence electrons. The van der Waals surface area contributed by atoms with Crippen LogP contribution in [0, 0.1) is 0 Å². The molecule has 0 bridgehead atoms. The molecule has 2 aromatic rings. The molecular weight excluding hydrogens is 288 g/mol. The maximum absolute atomic E-state index is 11.3. The molecule has 1 aliphatic carbocycles. The lowest BCUT2D eigenvalue weighted by Gasteiger charge is -2.05. The molecule has 2 aliphatic rings. The minimum atomic E-state index is -0.192. The molecule has 0 spiro atoms. The van der Waals surface area contributed by atoms with Crippen LogP contribution in [0.3, 0.4) is 0 Å². The molecule has 1 aromatic carbocycles. The number of nitrogens with two attached hydrogens (primary N) is 1. The lowest BCUT2D eigenvalue weighted by molar-refractivity contribution is -0.131. The average molecular weight is 303 g/mol. The second kappa shape index (κ2) is 5.13. The third-order valence-electron chi connectivity index (χ3n) is 3.98. The maximum atomic E-state index is 11.3. The zero-order valence-corrected chi connectivity index (χ0v) is 12.1. The molecule has 2 N–H and O–H groups in total. The number of rotatable bonds is 2. The number of pyridine rings is 1. The number of fused-ring (bicyclic) bond motifs is 1. The highest BCUT2D eigenvalue weighted by Crippen LogP contribution is 2.39. The SMILES string of the molecule is Cl.N[C@@H]1C[C@H]1c1ccc(-c2ccc3c(c2)OC(=O)C3)nc1. The number of hydrogen-bond acceptors (Lipinski definition) is 4. The van der Waals surface area contributed by atoms with E-state index in [1.54, 1.807) is 0 Å². The van der Waals surface area contributed by atoms with Crippen LogP contribution in [0.1, 0.15) is 23.5 Å². The largest absolute Gasteiger partial charge is 0.426 e. The fraction of sp³-hybridized carbons (Fsp3) is 0.250. The summed E-state index contributed by atoms with van der Waals surface area (Å²) < 4.78 is 5.17. The van der Waals surface area contributed by atoms with Crippen molar-refractivity contribution < 1.29 is 9.53 Å². The zero-order valence-electron chi connectivity index (χ0n) is 11.3. The van der Waals surface area contributed by atoms with E-state index in [1.165, 1.54) is 5.56 Å². The number of halogens is 1. The van der Waals surface area contributed by atoms with Crippen molar-refractivity contribution in [2.24, 2.45) is 5.73 Å². The van der Waals surface area contributed by atoms with E-state index in [2.05, 4.69) is 11.1 Å². The normalized spacial score (nSPS) is 22.2. The highest BCUT2D eigenvalue weighted by molar-refractivity contribution is 5.85. The van der Waals surface area contributed by atoms with Gasteiger partial charge >= 0.3 is 5.97 Å². The van der Waals surface area contributed by atoms with E-state index in [-0.39, 0.29) is 18.4 Å². The fourth-order valence-corrected chi connectivity index (χ4v) is 2.66. The van der Waals surface area contributed by atoms with E-state index in [4.69, 9.17) is 10.5 Å². The minimum absolute atomic E-state index is 0. The second-order valence-corrected chi connectivity index (χ2v) is 5.46. The predicted molar refractivity (Wildman–Crippen MR) is 81.6 cm³/mol. The smallest absolute Gasteiger partial charge is 0.315 e. The topological polar surface area (TPSA) is 65.2 Å². The molecule has 1 saturated carbocycles. The summed E-state index contributed by atoms with van der Waals surface area (Å²) in [6.07, 6.45) is 3.31. The van der Waals surface area contributed by atoms with Crippen molar-refractivity contribution in [1.29, 1.82) is 0 Å². The summed E-state index contributed by atoms with van der Waals surface area (Å²) >= 11 is 0. The van der Waals surface area contributed by atoms with Gasteiger partial charge in [0.05, 0.1) is 12.1 Å². The van der Waals surface area contributed by atoms with Crippen LogP contribution in [0.25, 0.3) is 11.3 Å². The van der Waals surface area contributed by atoms with E-state index in [9.17, 15) is 4.79 Å². The Morgan fingerprint density at radius 3 is 2.71 bits per heavy atom. The molecule has 2 heterocycles. The van der Waals surface area contributed by atoms with Crippen molar-refractivity contribution in [3.05, 3.63) is 47.7 Å². The van der Waals surface area contributed by atoms with Gasteiger partial charge in [-0.2, -0.15) is 0 Å². The number of carbonyl (C=O) groups is 1. The number of hydrogen-bond donors (Lipinski definition) is 1. The van der Waals surface area contributed by atoms with Gasteiger partial charge in [0.1, 0.15) is 5.75 Å². The van der Waals surface area contributed by atoms with Gasteiger partial charge in [0.2, 0.25) is 0 Å². The third kappa shape index (κ3) is 2.52. The summed E-state index contributed by atoms with van der Waals surface area (Å²) in [6, 6.07) is 10.2. The van der Waals surface area contributed by atoms with Crippen LogP contribution in [-0.4, -0.2) is 17.0 Å². The molecule has 0 radical (unpaired) electrons. The average Bonchev–Trinajstić information content (AvgIpc) is 3.06. The fourth-order valence-electron chi connectivity index (χ4n) is 2.66. The predicted octanol–water partition coefficient (Wildman–Crippen LogP) is 2.45. The van der Waals surface area contributed by atoms with Crippen LogP contribution in [0.4, 0.5) is 0 Å². The van der Waals surface area contributed by atoms with Crippen LogP contribution in [0.15, 0.2) is 36.5 Å². The van der Waals surface area contributed by atoms with Crippen LogP contribution in [0.5, 0.6) is 5.75 Å². The van der Waals surface area contributed by atoms with Gasteiger partial charge in [0, 0.05) is 29.3 Å². The van der Waals surface area contributed by atoms with Crippen molar-refractivity contribution in [3.8, 4) is 17.0 Å². The van der Waals surface area contributed by atoms with Gasteiger partial charge in [-0.3, -0.25) is 9.78 Å². The Morgan fingerprint density at radius 2 is 2.05 bits per heavy atom. The van der Waals surface area contributed by atoms with E-state index in [0.717, 1.165) is 23.2 Å². The molecule has 5 heteroatoms. The molecule has 0 amide bonds. The third-order valence-corrected chi connectivity index (χ3v) is 3.98. The van der Waals surface area contributed by atoms with Gasteiger partial charge in [0.25, 0.3) is 0 Å². The van der Waals surface area contributed by atoms with Crippen molar-refractivity contribution in [1.82, 2.24) is 4.98 Å². The Balaban J connectivity index is 0.00000132. The number of ether oxygens (including phenoxy) is 1. The van der Waals surface area contributed by atoms with Crippen LogP contribution in [-0.2, 0) is 11.2 Å². The summed E-state index contributed by atoms with van der Waals surface area (Å²) in [5, 5.41) is 0. The lowest BCUT2D eigenvalue weighted by atomic mass is 10.1. The number of carbonyl (C=O) groups excluding carboxylic acids is 1. The molecule has 1 aliphatic heterocycles. The number of aromatic nitrogens is 1. The van der Waals surface area contributed by atoms with Gasteiger partial charge in [-0.05, 0) is 24.1 Å². The Bertz CT molecular complexity index is 700. The van der Waals surface area contributed by atoms with Crippen molar-refractivity contribution in [2.75, 3.05) is 0 Å². The Hall–Kier alpha value is -1.91. The quantitative estimate of drug-likeness (QED) is 0.683. The Labute approximate surface area is 128 Å². The number of nitrogens with zero attached hydrogens (tertiary/aromatic N) is 1.